The van der Waals surface area contributed by atoms with Crippen LogP contribution in [0, 0.1) is 0 Å². The number of hydrogen-bond acceptors (Lipinski definition) is 1. The Balaban J connectivity index is 2.71. The zero-order valence-corrected chi connectivity index (χ0v) is 11.1. The van der Waals surface area contributed by atoms with E-state index in [1.165, 1.54) is 16.7 Å². The topological polar surface area (TPSA) is 26.0 Å². The number of rotatable bonds is 6. The highest BCUT2D eigenvalue weighted by Gasteiger charge is 2.02. The predicted octanol–water partition coefficient (Wildman–Crippen LogP) is 3.42. The van der Waals surface area contributed by atoms with E-state index in [0.717, 1.165) is 32.1 Å². The van der Waals surface area contributed by atoms with Gasteiger partial charge in [0.1, 0.15) is 0 Å². The number of benzene rings is 1. The Labute approximate surface area is 104 Å². The molecule has 2 N–H and O–H groups in total. The minimum absolute atomic E-state index is 0.629. The largest absolute Gasteiger partial charge is 0.393 e. The molecular weight excluding hydrogens is 214 g/mol. The second kappa shape index (κ2) is 6.64. The molecule has 0 saturated heterocycles. The molecule has 0 bridgehead atoms. The molecule has 0 atom stereocenters. The van der Waals surface area contributed by atoms with Gasteiger partial charge in [-0.2, -0.15) is 0 Å². The Kier molecular flexibility index (Phi) is 5.47. The molecule has 0 aromatic heterocycles. The van der Waals surface area contributed by atoms with Crippen LogP contribution < -0.4 is 5.73 Å². The number of hydrogen-bond donors (Lipinski definition) is 1. The Morgan fingerprint density at radius 2 is 1.94 bits per heavy atom. The highest BCUT2D eigenvalue weighted by atomic mass is 32.1. The first-order chi connectivity index (χ1) is 7.67. The fraction of sp³-hybridized carbons (Fsp3) is 0.500. The van der Waals surface area contributed by atoms with Crippen molar-refractivity contribution in [2.24, 2.45) is 5.73 Å². The molecule has 0 aliphatic heterocycles. The molecule has 1 rings (SSSR count). The second-order valence-corrected chi connectivity index (χ2v) is 4.65. The summed E-state index contributed by atoms with van der Waals surface area (Å²) in [6, 6.07) is 6.82. The molecule has 0 amide bonds. The van der Waals surface area contributed by atoms with Crippen LogP contribution in [0.15, 0.2) is 18.2 Å². The maximum atomic E-state index is 5.51. The first-order valence-corrected chi connectivity index (χ1v) is 6.47. The van der Waals surface area contributed by atoms with Crippen molar-refractivity contribution in [2.45, 2.75) is 46.0 Å². The average Bonchev–Trinajstić information content (AvgIpc) is 2.28. The SMILES string of the molecule is CCc1ccc(CC)c(CCCC(N)=S)c1. The fourth-order valence-electron chi connectivity index (χ4n) is 1.93. The van der Waals surface area contributed by atoms with Gasteiger partial charge >= 0.3 is 0 Å². The van der Waals surface area contributed by atoms with E-state index < -0.39 is 0 Å². The van der Waals surface area contributed by atoms with Crippen molar-refractivity contribution >= 4 is 17.2 Å². The van der Waals surface area contributed by atoms with Gasteiger partial charge in [0.25, 0.3) is 0 Å². The van der Waals surface area contributed by atoms with E-state index in [4.69, 9.17) is 18.0 Å². The molecule has 1 nitrogen and oxygen atoms in total. The molecule has 1 aromatic rings. The summed E-state index contributed by atoms with van der Waals surface area (Å²) >= 11 is 4.90. The van der Waals surface area contributed by atoms with Gasteiger partial charge in [-0.05, 0) is 48.8 Å². The van der Waals surface area contributed by atoms with Gasteiger partial charge < -0.3 is 5.73 Å². The lowest BCUT2D eigenvalue weighted by Crippen LogP contribution is -2.07. The first-order valence-electron chi connectivity index (χ1n) is 6.06. The van der Waals surface area contributed by atoms with Crippen LogP contribution in [-0.4, -0.2) is 4.99 Å². The molecule has 16 heavy (non-hydrogen) atoms. The minimum Gasteiger partial charge on any atom is -0.393 e. The van der Waals surface area contributed by atoms with Gasteiger partial charge in [-0.15, -0.1) is 0 Å². The van der Waals surface area contributed by atoms with E-state index in [0.29, 0.717) is 4.99 Å². The molecule has 88 valence electrons. The summed E-state index contributed by atoms with van der Waals surface area (Å²) in [6.45, 7) is 4.40. The summed E-state index contributed by atoms with van der Waals surface area (Å²) in [6.07, 6.45) is 5.22. The number of aryl methyl sites for hydroxylation is 3. The zero-order valence-electron chi connectivity index (χ0n) is 10.3. The van der Waals surface area contributed by atoms with Gasteiger partial charge in [-0.1, -0.05) is 44.3 Å². The summed E-state index contributed by atoms with van der Waals surface area (Å²) in [7, 11) is 0. The standard InChI is InChI=1S/C14H21NS/c1-3-11-8-9-12(4-2)13(10-11)6-5-7-14(15)16/h8-10H,3-7H2,1-2H3,(H2,15,16). The third-order valence-electron chi connectivity index (χ3n) is 2.93. The molecule has 0 aliphatic rings. The van der Waals surface area contributed by atoms with Crippen molar-refractivity contribution in [2.75, 3.05) is 0 Å². The molecule has 1 aromatic carbocycles. The lowest BCUT2D eigenvalue weighted by atomic mass is 9.97. The van der Waals surface area contributed by atoms with Crippen molar-refractivity contribution in [3.05, 3.63) is 34.9 Å². The van der Waals surface area contributed by atoms with E-state index in [1.54, 1.807) is 0 Å². The van der Waals surface area contributed by atoms with Crippen LogP contribution in [0.3, 0.4) is 0 Å². The molecule has 0 heterocycles. The van der Waals surface area contributed by atoms with Crippen LogP contribution in [0.4, 0.5) is 0 Å². The normalized spacial score (nSPS) is 10.4. The summed E-state index contributed by atoms with van der Waals surface area (Å²) in [5.41, 5.74) is 9.86. The van der Waals surface area contributed by atoms with Crippen LogP contribution in [0.25, 0.3) is 0 Å². The summed E-state index contributed by atoms with van der Waals surface area (Å²) in [5.74, 6) is 0. The van der Waals surface area contributed by atoms with Crippen LogP contribution in [0.2, 0.25) is 0 Å². The molecule has 0 unspecified atom stereocenters. The van der Waals surface area contributed by atoms with Crippen molar-refractivity contribution < 1.29 is 0 Å². The van der Waals surface area contributed by atoms with Gasteiger partial charge in [0.05, 0.1) is 4.99 Å². The Morgan fingerprint density at radius 3 is 2.50 bits per heavy atom. The van der Waals surface area contributed by atoms with Crippen LogP contribution in [-0.2, 0) is 19.3 Å². The van der Waals surface area contributed by atoms with Crippen molar-refractivity contribution in [3.63, 3.8) is 0 Å². The highest BCUT2D eigenvalue weighted by Crippen LogP contribution is 2.16. The molecule has 2 heteroatoms. The van der Waals surface area contributed by atoms with Crippen LogP contribution in [0.5, 0.6) is 0 Å². The molecule has 0 saturated carbocycles. The highest BCUT2D eigenvalue weighted by molar-refractivity contribution is 7.80. The third-order valence-corrected chi connectivity index (χ3v) is 3.13. The number of thiocarbonyl (C=S) groups is 1. The van der Waals surface area contributed by atoms with Crippen molar-refractivity contribution in [3.8, 4) is 0 Å². The molecular formula is C14H21NS. The quantitative estimate of drug-likeness (QED) is 0.765. The maximum absolute atomic E-state index is 5.51. The molecule has 0 fully saturated rings. The van der Waals surface area contributed by atoms with Gasteiger partial charge in [0, 0.05) is 0 Å². The zero-order chi connectivity index (χ0) is 12.0. The Bertz CT molecular complexity index is 358. The Morgan fingerprint density at radius 1 is 1.19 bits per heavy atom. The van der Waals surface area contributed by atoms with Gasteiger partial charge in [-0.25, -0.2) is 0 Å². The second-order valence-electron chi connectivity index (χ2n) is 4.13. The smallest absolute Gasteiger partial charge is 0.0727 e. The summed E-state index contributed by atoms with van der Waals surface area (Å²) in [5, 5.41) is 0. The first kappa shape index (κ1) is 13.2. The van der Waals surface area contributed by atoms with Crippen molar-refractivity contribution in [1.29, 1.82) is 0 Å². The van der Waals surface area contributed by atoms with E-state index >= 15 is 0 Å². The maximum Gasteiger partial charge on any atom is 0.0727 e. The Hall–Kier alpha value is -0.890. The molecule has 0 aliphatic carbocycles. The fourth-order valence-corrected chi connectivity index (χ4v) is 2.07. The third kappa shape index (κ3) is 3.93. The lowest BCUT2D eigenvalue weighted by Gasteiger charge is -2.09. The molecule has 0 radical (unpaired) electrons. The monoisotopic (exact) mass is 235 g/mol. The van der Waals surface area contributed by atoms with E-state index in [2.05, 4.69) is 32.0 Å². The molecule has 0 spiro atoms. The van der Waals surface area contributed by atoms with Gasteiger partial charge in [0.2, 0.25) is 0 Å². The van der Waals surface area contributed by atoms with E-state index in [9.17, 15) is 0 Å². The minimum atomic E-state index is 0.629. The van der Waals surface area contributed by atoms with Crippen LogP contribution >= 0.6 is 12.2 Å². The number of nitrogens with two attached hydrogens (primary N) is 1. The van der Waals surface area contributed by atoms with Gasteiger partial charge in [-0.3, -0.25) is 0 Å². The average molecular weight is 235 g/mol. The van der Waals surface area contributed by atoms with Gasteiger partial charge in [0.15, 0.2) is 0 Å². The van der Waals surface area contributed by atoms with E-state index in [1.807, 2.05) is 0 Å². The van der Waals surface area contributed by atoms with E-state index in [-0.39, 0.29) is 0 Å². The summed E-state index contributed by atoms with van der Waals surface area (Å²) < 4.78 is 0. The predicted molar refractivity (Wildman–Crippen MR) is 74.9 cm³/mol. The summed E-state index contributed by atoms with van der Waals surface area (Å²) in [4.78, 5) is 0.629. The lowest BCUT2D eigenvalue weighted by molar-refractivity contribution is 0.850. The van der Waals surface area contributed by atoms with Crippen molar-refractivity contribution in [1.82, 2.24) is 0 Å². The van der Waals surface area contributed by atoms with Crippen LogP contribution in [0.1, 0.15) is 43.4 Å².